The van der Waals surface area contributed by atoms with E-state index in [4.69, 9.17) is 4.74 Å². The quantitative estimate of drug-likeness (QED) is 0.168. The first kappa shape index (κ1) is 28.7. The molecular weight excluding hydrogens is 520 g/mol. The van der Waals surface area contributed by atoms with Gasteiger partial charge >= 0.3 is 0 Å². The summed E-state index contributed by atoms with van der Waals surface area (Å²) in [6.45, 7) is 10.6. The van der Waals surface area contributed by atoms with E-state index in [1.54, 1.807) is 6.07 Å². The number of aryl methyl sites for hydroxylation is 2. The van der Waals surface area contributed by atoms with E-state index in [1.807, 2.05) is 26.0 Å². The Morgan fingerprint density at radius 2 is 1.85 bits per heavy atom. The van der Waals surface area contributed by atoms with E-state index in [1.165, 1.54) is 34.9 Å². The van der Waals surface area contributed by atoms with E-state index in [9.17, 15) is 24.8 Å². The highest BCUT2D eigenvalue weighted by Gasteiger charge is 2.57. The number of phenols is 1. The fraction of sp³-hybridized carbons (Fsp3) is 0.455. The van der Waals surface area contributed by atoms with Crippen LogP contribution < -0.4 is 4.90 Å². The number of allylic oxidation sites excluding steroid dienone is 2. The van der Waals surface area contributed by atoms with Crippen molar-refractivity contribution in [2.75, 3.05) is 11.5 Å². The molecule has 3 aliphatic rings. The number of nitro benzene ring substituents is 1. The van der Waals surface area contributed by atoms with Crippen LogP contribution in [-0.2, 0) is 14.3 Å². The number of phenolic OH excluding ortho intramolecular Hbond substituents is 1. The summed E-state index contributed by atoms with van der Waals surface area (Å²) < 4.78 is 6.37. The Kier molecular flexibility index (Phi) is 7.88. The molecule has 0 unspecified atom stereocenters. The van der Waals surface area contributed by atoms with E-state index >= 15 is 0 Å². The molecule has 2 aliphatic heterocycles. The van der Waals surface area contributed by atoms with Crippen LogP contribution in [0.2, 0.25) is 0 Å². The number of hydrogen-bond acceptors (Lipinski definition) is 6. The van der Waals surface area contributed by atoms with Gasteiger partial charge in [-0.25, -0.2) is 4.90 Å². The van der Waals surface area contributed by atoms with Gasteiger partial charge in [0.15, 0.2) is 0 Å². The molecule has 1 N–H and O–H groups in total. The molecule has 0 aromatic heterocycles. The highest BCUT2D eigenvalue weighted by Crippen LogP contribution is 2.52. The first-order chi connectivity index (χ1) is 19.5. The zero-order valence-corrected chi connectivity index (χ0v) is 24.3. The van der Waals surface area contributed by atoms with Crippen molar-refractivity contribution in [3.63, 3.8) is 0 Å². The number of amides is 2. The van der Waals surface area contributed by atoms with Crippen LogP contribution in [0.3, 0.4) is 0 Å². The molecule has 8 heteroatoms. The van der Waals surface area contributed by atoms with Crippen molar-refractivity contribution in [2.45, 2.75) is 66.4 Å². The van der Waals surface area contributed by atoms with Crippen LogP contribution in [-0.4, -0.2) is 34.6 Å². The number of nitro groups is 1. The Morgan fingerprint density at radius 3 is 2.49 bits per heavy atom. The third kappa shape index (κ3) is 5.21. The lowest BCUT2D eigenvalue weighted by molar-refractivity contribution is -0.384. The molecule has 1 aliphatic carbocycles. The van der Waals surface area contributed by atoms with Gasteiger partial charge in [-0.3, -0.25) is 19.7 Å². The van der Waals surface area contributed by atoms with Crippen molar-refractivity contribution < 1.29 is 24.4 Å². The summed E-state index contributed by atoms with van der Waals surface area (Å²) in [6, 6.07) is 9.74. The van der Waals surface area contributed by atoms with E-state index < -0.39 is 16.8 Å². The average molecular weight is 559 g/mol. The number of non-ortho nitro benzene ring substituents is 1. The maximum Gasteiger partial charge on any atom is 0.271 e. The third-order valence-corrected chi connectivity index (χ3v) is 9.01. The molecule has 8 nitrogen and oxygen atoms in total. The molecule has 0 spiro atoms. The van der Waals surface area contributed by atoms with Crippen LogP contribution in [0, 0.1) is 47.6 Å². The SMILES string of the molecule is CC/C(=C\c1cc(C)c(O)c(C)c1)CC[C@H]1OC[C@H]2C1=C(C(C)C)C[C@H]1C(=O)N(c3cccc([N+](=O)[O-])c3)C(=O)[C@H]12. The molecule has 2 amide bonds. The molecule has 0 bridgehead atoms. The summed E-state index contributed by atoms with van der Waals surface area (Å²) >= 11 is 0. The minimum atomic E-state index is -0.520. The predicted molar refractivity (Wildman–Crippen MR) is 157 cm³/mol. The minimum Gasteiger partial charge on any atom is -0.507 e. The Hall–Kier alpha value is -3.78. The molecule has 0 saturated carbocycles. The topological polar surface area (TPSA) is 110 Å². The average Bonchev–Trinajstić information content (AvgIpc) is 3.47. The summed E-state index contributed by atoms with van der Waals surface area (Å²) in [4.78, 5) is 39.4. The minimum absolute atomic E-state index is 0.119. The van der Waals surface area contributed by atoms with Gasteiger partial charge in [0.2, 0.25) is 11.8 Å². The number of anilines is 1. The molecule has 2 aromatic rings. The second kappa shape index (κ2) is 11.2. The zero-order chi connectivity index (χ0) is 29.6. The van der Waals surface area contributed by atoms with Crippen molar-refractivity contribution in [1.82, 2.24) is 0 Å². The first-order valence-corrected chi connectivity index (χ1v) is 14.5. The fourth-order valence-electron chi connectivity index (χ4n) is 6.93. The lowest BCUT2D eigenvalue weighted by Gasteiger charge is -2.33. The van der Waals surface area contributed by atoms with Gasteiger partial charge in [-0.2, -0.15) is 0 Å². The van der Waals surface area contributed by atoms with Gasteiger partial charge in [0.05, 0.1) is 35.2 Å². The number of ether oxygens (including phenoxy) is 1. The largest absolute Gasteiger partial charge is 0.507 e. The number of nitrogens with zero attached hydrogens (tertiary/aromatic N) is 2. The summed E-state index contributed by atoms with van der Waals surface area (Å²) in [5.41, 5.74) is 6.54. The number of fused-ring (bicyclic) bond motifs is 3. The van der Waals surface area contributed by atoms with Crippen molar-refractivity contribution in [2.24, 2.45) is 23.7 Å². The van der Waals surface area contributed by atoms with Gasteiger partial charge in [-0.05, 0) is 85.9 Å². The number of benzene rings is 2. The summed E-state index contributed by atoms with van der Waals surface area (Å²) in [5.74, 6) is -1.21. The lowest BCUT2D eigenvalue weighted by Crippen LogP contribution is -2.35. The summed E-state index contributed by atoms with van der Waals surface area (Å²) in [6.07, 6.45) is 5.09. The van der Waals surface area contributed by atoms with Crippen LogP contribution in [0.25, 0.3) is 6.08 Å². The van der Waals surface area contributed by atoms with E-state index in [2.05, 4.69) is 26.8 Å². The standard InChI is InChI=1S/C33H38N2O6/c1-6-21(14-22-12-19(4)31(36)20(5)13-22)10-11-28-29-25(18(2)3)16-26-30(27(29)17-41-28)33(38)34(32(26)37)23-8-7-9-24(15-23)35(39)40/h7-9,12-15,18,26-28,30,36H,6,10-11,16-17H2,1-5H3/b21-14+/t26-,27+,28-,30-/m1/s1. The lowest BCUT2D eigenvalue weighted by atomic mass is 9.67. The Labute approximate surface area is 240 Å². The molecule has 216 valence electrons. The van der Waals surface area contributed by atoms with Gasteiger partial charge in [-0.1, -0.05) is 44.1 Å². The Morgan fingerprint density at radius 1 is 1.15 bits per heavy atom. The molecule has 5 rings (SSSR count). The van der Waals surface area contributed by atoms with Crippen LogP contribution in [0.1, 0.15) is 63.1 Å². The van der Waals surface area contributed by atoms with Gasteiger partial charge < -0.3 is 9.84 Å². The summed E-state index contributed by atoms with van der Waals surface area (Å²) in [5, 5.41) is 21.5. The van der Waals surface area contributed by atoms with Crippen molar-refractivity contribution in [1.29, 1.82) is 0 Å². The predicted octanol–water partition coefficient (Wildman–Crippen LogP) is 6.67. The number of rotatable bonds is 8. The fourth-order valence-corrected chi connectivity index (χ4v) is 6.93. The van der Waals surface area contributed by atoms with Gasteiger partial charge in [0, 0.05) is 18.1 Å². The Balaban J connectivity index is 1.40. The highest BCUT2D eigenvalue weighted by molar-refractivity contribution is 6.22. The van der Waals surface area contributed by atoms with E-state index in [-0.39, 0.29) is 41.1 Å². The van der Waals surface area contributed by atoms with Gasteiger partial charge in [0.25, 0.3) is 5.69 Å². The number of carbonyl (C=O) groups is 2. The van der Waals surface area contributed by atoms with Crippen LogP contribution in [0.15, 0.2) is 53.1 Å². The summed E-state index contributed by atoms with van der Waals surface area (Å²) in [7, 11) is 0. The highest BCUT2D eigenvalue weighted by atomic mass is 16.6. The van der Waals surface area contributed by atoms with Crippen LogP contribution in [0.5, 0.6) is 5.75 Å². The molecule has 2 fully saturated rings. The molecule has 2 saturated heterocycles. The van der Waals surface area contributed by atoms with E-state index in [0.717, 1.165) is 40.9 Å². The zero-order valence-electron chi connectivity index (χ0n) is 24.3. The molecule has 2 heterocycles. The van der Waals surface area contributed by atoms with Gasteiger partial charge in [0.1, 0.15) is 5.75 Å². The molecule has 4 atom stereocenters. The van der Waals surface area contributed by atoms with E-state index in [0.29, 0.717) is 18.8 Å². The number of hydrogen-bond donors (Lipinski definition) is 1. The van der Waals surface area contributed by atoms with Crippen LogP contribution in [0.4, 0.5) is 11.4 Å². The third-order valence-electron chi connectivity index (χ3n) is 9.01. The molecule has 0 radical (unpaired) electrons. The van der Waals surface area contributed by atoms with Crippen LogP contribution >= 0.6 is 0 Å². The maximum absolute atomic E-state index is 13.8. The second-order valence-electron chi connectivity index (χ2n) is 11.9. The number of imide groups is 1. The normalized spacial score (nSPS) is 24.3. The smallest absolute Gasteiger partial charge is 0.271 e. The second-order valence-corrected chi connectivity index (χ2v) is 11.9. The Bertz CT molecular complexity index is 1450. The van der Waals surface area contributed by atoms with Crippen molar-refractivity contribution >= 4 is 29.3 Å². The van der Waals surface area contributed by atoms with Crippen molar-refractivity contribution in [3.05, 3.63) is 79.9 Å². The van der Waals surface area contributed by atoms with Crippen molar-refractivity contribution in [3.8, 4) is 5.75 Å². The molecular formula is C33H38N2O6. The molecule has 41 heavy (non-hydrogen) atoms. The molecule has 2 aromatic carbocycles. The maximum atomic E-state index is 13.8. The van der Waals surface area contributed by atoms with Gasteiger partial charge in [-0.15, -0.1) is 0 Å². The number of carbonyl (C=O) groups excluding carboxylic acids is 2. The number of aromatic hydroxyl groups is 1. The first-order valence-electron chi connectivity index (χ1n) is 14.5. The monoisotopic (exact) mass is 558 g/mol.